The summed E-state index contributed by atoms with van der Waals surface area (Å²) in [4.78, 5) is 16.5. The molecule has 28 heavy (non-hydrogen) atoms. The smallest absolute Gasteiger partial charge is 0.323 e. The van der Waals surface area contributed by atoms with Gasteiger partial charge >= 0.3 is 6.03 Å². The molecule has 0 radical (unpaired) electrons. The lowest BCUT2D eigenvalue weighted by Crippen LogP contribution is -2.44. The third-order valence-corrected chi connectivity index (χ3v) is 5.08. The van der Waals surface area contributed by atoms with Crippen molar-refractivity contribution in [1.82, 2.24) is 20.1 Å². The Kier molecular flexibility index (Phi) is 6.51. The molecule has 1 aromatic carbocycles. The van der Waals surface area contributed by atoms with Gasteiger partial charge in [0.2, 0.25) is 0 Å². The molecule has 0 aliphatic carbocycles. The monoisotopic (exact) mass is 401 g/mol. The Morgan fingerprint density at radius 3 is 2.64 bits per heavy atom. The van der Waals surface area contributed by atoms with Gasteiger partial charge in [-0.3, -0.25) is 4.90 Å². The molecule has 2 aliphatic rings. The van der Waals surface area contributed by atoms with Crippen LogP contribution in [-0.4, -0.2) is 64.7 Å². The molecule has 1 N–H and O–H groups in total. The average molecular weight is 402 g/mol. The summed E-state index contributed by atoms with van der Waals surface area (Å²) in [6.07, 6.45) is 6.86. The minimum absolute atomic E-state index is 0.0402. The highest BCUT2D eigenvalue weighted by molar-refractivity contribution is 7.80. The highest BCUT2D eigenvalue weighted by Gasteiger charge is 2.53. The van der Waals surface area contributed by atoms with E-state index in [9.17, 15) is 4.79 Å². The van der Waals surface area contributed by atoms with Crippen LogP contribution >= 0.6 is 12.2 Å². The second kappa shape index (κ2) is 9.05. The van der Waals surface area contributed by atoms with Gasteiger partial charge in [-0.1, -0.05) is 32.0 Å². The molecule has 0 spiro atoms. The van der Waals surface area contributed by atoms with E-state index in [-0.39, 0.29) is 18.4 Å². The average Bonchev–Trinajstić information content (AvgIpc) is 3.14. The highest BCUT2D eigenvalue weighted by atomic mass is 32.1. The molecule has 7 nitrogen and oxygen atoms in total. The third kappa shape index (κ3) is 3.82. The van der Waals surface area contributed by atoms with Gasteiger partial charge in [0.25, 0.3) is 0 Å². The number of hydrogen-bond acceptors (Lipinski definition) is 4. The summed E-state index contributed by atoms with van der Waals surface area (Å²) in [6.45, 7) is 5.50. The number of ether oxygens (including phenoxy) is 1. The normalized spacial score (nSPS) is 21.9. The number of benzene rings is 1. The zero-order chi connectivity index (χ0) is 20.1. The van der Waals surface area contributed by atoms with Gasteiger partial charge < -0.3 is 15.0 Å². The van der Waals surface area contributed by atoms with E-state index in [0.717, 1.165) is 24.2 Å². The van der Waals surface area contributed by atoms with Gasteiger partial charge in [0.15, 0.2) is 11.3 Å². The van der Waals surface area contributed by atoms with Gasteiger partial charge in [-0.05, 0) is 43.3 Å². The van der Waals surface area contributed by atoms with Crippen molar-refractivity contribution in [2.45, 2.75) is 39.0 Å². The summed E-state index contributed by atoms with van der Waals surface area (Å²) >= 11 is 5.48. The number of nitrogens with zero attached hydrogens (tertiary/aromatic N) is 4. The van der Waals surface area contributed by atoms with Crippen molar-refractivity contribution in [3.8, 4) is 5.75 Å². The topological polar surface area (TPSA) is 60.4 Å². The molecule has 3 rings (SSSR count). The molecule has 2 saturated heterocycles. The first kappa shape index (κ1) is 20.1. The Morgan fingerprint density at radius 2 is 1.93 bits per heavy atom. The van der Waals surface area contributed by atoms with E-state index in [2.05, 4.69) is 24.3 Å². The first-order valence-electron chi connectivity index (χ1n) is 9.63. The van der Waals surface area contributed by atoms with Crippen LogP contribution in [-0.2, 0) is 0 Å². The van der Waals surface area contributed by atoms with E-state index >= 15 is 0 Å². The van der Waals surface area contributed by atoms with Gasteiger partial charge in [-0.25, -0.2) is 9.80 Å². The van der Waals surface area contributed by atoms with E-state index in [1.165, 1.54) is 0 Å². The Morgan fingerprint density at radius 1 is 1.21 bits per heavy atom. The van der Waals surface area contributed by atoms with Gasteiger partial charge in [0.05, 0.1) is 7.11 Å². The van der Waals surface area contributed by atoms with Crippen LogP contribution in [0.5, 0.6) is 5.75 Å². The molecule has 0 aromatic heterocycles. The Hall–Kier alpha value is -2.61. The van der Waals surface area contributed by atoms with Gasteiger partial charge in [0, 0.05) is 24.9 Å². The molecular weight excluding hydrogens is 374 g/mol. The number of urea groups is 1. The SMILES string of the molecule is CCCN1C(=O)N(CCC)C2C1NC(=S)N2/N=C/C=C/c1ccccc1OC. The van der Waals surface area contributed by atoms with Crippen LogP contribution in [0.15, 0.2) is 35.4 Å². The van der Waals surface area contributed by atoms with E-state index < -0.39 is 0 Å². The maximum Gasteiger partial charge on any atom is 0.323 e. The lowest BCUT2D eigenvalue weighted by molar-refractivity contribution is 0.152. The number of carbonyl (C=O) groups is 1. The fourth-order valence-corrected chi connectivity index (χ4v) is 3.86. The minimum Gasteiger partial charge on any atom is -0.496 e. The predicted molar refractivity (Wildman–Crippen MR) is 115 cm³/mol. The van der Waals surface area contributed by atoms with E-state index in [4.69, 9.17) is 17.0 Å². The summed E-state index contributed by atoms with van der Waals surface area (Å²) in [6, 6.07) is 7.82. The Bertz CT molecular complexity index is 782. The number of carbonyl (C=O) groups excluding carboxylic acids is 1. The van der Waals surface area contributed by atoms with Crippen LogP contribution in [0, 0.1) is 0 Å². The number of allylic oxidation sites excluding steroid dienone is 1. The summed E-state index contributed by atoms with van der Waals surface area (Å²) in [5.41, 5.74) is 0.967. The number of thiocarbonyl (C=S) groups is 1. The van der Waals surface area contributed by atoms with E-state index in [0.29, 0.717) is 18.2 Å². The van der Waals surface area contributed by atoms with Crippen LogP contribution in [0.2, 0.25) is 0 Å². The number of amides is 2. The number of para-hydroxylation sites is 1. The first-order valence-corrected chi connectivity index (χ1v) is 10.0. The van der Waals surface area contributed by atoms with Crippen LogP contribution in [0.1, 0.15) is 32.3 Å². The van der Waals surface area contributed by atoms with Crippen LogP contribution < -0.4 is 10.1 Å². The fraction of sp³-hybridized carbons (Fsp3) is 0.450. The maximum absolute atomic E-state index is 12.8. The van der Waals surface area contributed by atoms with Crippen molar-refractivity contribution in [3.05, 3.63) is 35.9 Å². The molecule has 2 fully saturated rings. The van der Waals surface area contributed by atoms with Gasteiger partial charge in [-0.2, -0.15) is 5.10 Å². The lowest BCUT2D eigenvalue weighted by atomic mass is 10.2. The largest absolute Gasteiger partial charge is 0.496 e. The molecule has 1 aromatic rings. The van der Waals surface area contributed by atoms with Crippen molar-refractivity contribution in [2.75, 3.05) is 20.2 Å². The molecule has 2 amide bonds. The van der Waals surface area contributed by atoms with Crippen LogP contribution in [0.4, 0.5) is 4.79 Å². The maximum atomic E-state index is 12.8. The minimum atomic E-state index is -0.220. The molecule has 0 bridgehead atoms. The zero-order valence-corrected chi connectivity index (χ0v) is 17.4. The lowest BCUT2D eigenvalue weighted by Gasteiger charge is -2.26. The second-order valence-corrected chi connectivity index (χ2v) is 7.07. The molecule has 150 valence electrons. The second-order valence-electron chi connectivity index (χ2n) is 6.69. The summed E-state index contributed by atoms with van der Waals surface area (Å²) in [5, 5.41) is 10.1. The van der Waals surface area contributed by atoms with Crippen molar-refractivity contribution in [3.63, 3.8) is 0 Å². The standard InChI is InChI=1S/C20H27N5O2S/c1-4-13-23-17-18(24(14-5-2)20(23)26)25(19(28)22-17)21-12-8-10-15-9-6-7-11-16(15)27-3/h6-12,17-18H,4-5,13-14H2,1-3H3,(H,22,28)/b10-8+,21-12+. The Balaban J connectivity index is 1.77. The predicted octanol–water partition coefficient (Wildman–Crippen LogP) is 3.09. The van der Waals surface area contributed by atoms with Crippen LogP contribution in [0.3, 0.4) is 0 Å². The number of rotatable bonds is 8. The molecule has 2 aliphatic heterocycles. The van der Waals surface area contributed by atoms with Crippen molar-refractivity contribution in [1.29, 1.82) is 0 Å². The van der Waals surface area contributed by atoms with Gasteiger partial charge in [-0.15, -0.1) is 0 Å². The number of hydrazone groups is 1. The Labute approximate surface area is 171 Å². The number of hydrogen-bond donors (Lipinski definition) is 1. The van der Waals surface area contributed by atoms with Crippen molar-refractivity contribution < 1.29 is 9.53 Å². The molecule has 2 atom stereocenters. The fourth-order valence-electron chi connectivity index (χ4n) is 3.59. The summed E-state index contributed by atoms with van der Waals surface area (Å²) < 4.78 is 5.35. The quantitative estimate of drug-likeness (QED) is 0.536. The van der Waals surface area contributed by atoms with Crippen molar-refractivity contribution in [2.24, 2.45) is 5.10 Å². The summed E-state index contributed by atoms with van der Waals surface area (Å²) in [7, 11) is 1.65. The summed E-state index contributed by atoms with van der Waals surface area (Å²) in [5.74, 6) is 0.802. The molecule has 0 saturated carbocycles. The highest BCUT2D eigenvalue weighted by Crippen LogP contribution is 2.29. The first-order chi connectivity index (χ1) is 13.6. The number of fused-ring (bicyclic) bond motifs is 1. The van der Waals surface area contributed by atoms with E-state index in [1.807, 2.05) is 46.2 Å². The zero-order valence-electron chi connectivity index (χ0n) is 16.5. The van der Waals surface area contributed by atoms with Crippen LogP contribution in [0.25, 0.3) is 6.08 Å². The molecule has 2 unspecified atom stereocenters. The number of nitrogens with one attached hydrogen (secondary N) is 1. The van der Waals surface area contributed by atoms with E-state index in [1.54, 1.807) is 18.3 Å². The molecular formula is C20H27N5O2S. The third-order valence-electron chi connectivity index (χ3n) is 4.78. The molecule has 2 heterocycles. The van der Waals surface area contributed by atoms with Gasteiger partial charge in [0.1, 0.15) is 11.9 Å². The van der Waals surface area contributed by atoms with Crippen molar-refractivity contribution >= 4 is 35.7 Å². The number of methoxy groups -OCH3 is 1. The molecule has 8 heteroatoms.